The number of aromatic nitrogens is 4. The van der Waals surface area contributed by atoms with E-state index in [2.05, 4.69) is 182 Å². The van der Waals surface area contributed by atoms with Gasteiger partial charge in [-0.3, -0.25) is 9.97 Å². The molecule has 60 heavy (non-hydrogen) atoms. The van der Waals surface area contributed by atoms with E-state index in [-0.39, 0.29) is 0 Å². The van der Waals surface area contributed by atoms with Crippen molar-refractivity contribution >= 4 is 32.7 Å². The van der Waals surface area contributed by atoms with Crippen LogP contribution in [0.3, 0.4) is 0 Å². The number of para-hydroxylation sites is 3. The van der Waals surface area contributed by atoms with E-state index in [0.29, 0.717) is 5.82 Å². The summed E-state index contributed by atoms with van der Waals surface area (Å²) in [6, 6.07) is 72.5. The van der Waals surface area contributed by atoms with Crippen LogP contribution < -0.4 is 0 Å². The van der Waals surface area contributed by atoms with Crippen LogP contribution in [0.5, 0.6) is 0 Å². The van der Waals surface area contributed by atoms with Crippen molar-refractivity contribution in [2.45, 2.75) is 0 Å². The first-order valence-corrected chi connectivity index (χ1v) is 20.2. The fourth-order valence-corrected chi connectivity index (χ4v) is 8.50. The van der Waals surface area contributed by atoms with Gasteiger partial charge in [-0.05, 0) is 80.9 Å². The second-order valence-electron chi connectivity index (χ2n) is 15.0. The summed E-state index contributed by atoms with van der Waals surface area (Å²) >= 11 is 0. The van der Waals surface area contributed by atoms with E-state index < -0.39 is 0 Å². The van der Waals surface area contributed by atoms with Gasteiger partial charge in [0.25, 0.3) is 0 Å². The molecule has 0 N–H and O–H groups in total. The van der Waals surface area contributed by atoms with Gasteiger partial charge in [0.15, 0.2) is 5.82 Å². The first-order valence-electron chi connectivity index (χ1n) is 20.2. The summed E-state index contributed by atoms with van der Waals surface area (Å²) in [7, 11) is 0. The van der Waals surface area contributed by atoms with Gasteiger partial charge in [0.2, 0.25) is 0 Å². The Morgan fingerprint density at radius 2 is 0.733 bits per heavy atom. The van der Waals surface area contributed by atoms with Crippen molar-refractivity contribution in [2.24, 2.45) is 0 Å². The van der Waals surface area contributed by atoms with Crippen molar-refractivity contribution in [1.29, 1.82) is 0 Å². The second kappa shape index (κ2) is 15.0. The monoisotopic (exact) mass is 764 g/mol. The number of pyridine rings is 2. The highest BCUT2D eigenvalue weighted by Gasteiger charge is 2.17. The van der Waals surface area contributed by atoms with E-state index in [9.17, 15) is 0 Å². The molecule has 8 aromatic carbocycles. The highest BCUT2D eigenvalue weighted by molar-refractivity contribution is 6.05. The fourth-order valence-electron chi connectivity index (χ4n) is 8.50. The second-order valence-corrected chi connectivity index (χ2v) is 15.0. The standard InChI is InChI=1S/C56H36N4/c1-4-14-38(15-5-1)45-30-32-57-54-47(21-12-23-49(45)54)43-34-42(35-44(36-43)48-22-13-24-50-46(31-33-58-55(48)50)39-16-6-2-7-17-39)37-26-28-40(29-27-37)53-51-20-10-11-25-52(51)59-56(60-53)41-18-8-3-9-19-41/h1-36H. The minimum absolute atomic E-state index is 0.712. The van der Waals surface area contributed by atoms with Gasteiger partial charge in [0.1, 0.15) is 0 Å². The van der Waals surface area contributed by atoms with E-state index in [1.165, 1.54) is 11.1 Å². The van der Waals surface area contributed by atoms with Crippen molar-refractivity contribution < 1.29 is 0 Å². The summed E-state index contributed by atoms with van der Waals surface area (Å²) in [6.45, 7) is 0. The van der Waals surface area contributed by atoms with Gasteiger partial charge < -0.3 is 0 Å². The molecule has 0 saturated carbocycles. The first kappa shape index (κ1) is 35.1. The highest BCUT2D eigenvalue weighted by atomic mass is 14.9. The van der Waals surface area contributed by atoms with Gasteiger partial charge in [0.05, 0.1) is 22.2 Å². The molecule has 0 atom stereocenters. The predicted molar refractivity (Wildman–Crippen MR) is 248 cm³/mol. The van der Waals surface area contributed by atoms with Crippen LogP contribution >= 0.6 is 0 Å². The zero-order valence-corrected chi connectivity index (χ0v) is 32.6. The predicted octanol–water partition coefficient (Wildman–Crippen LogP) is 14.4. The van der Waals surface area contributed by atoms with E-state index in [1.807, 2.05) is 36.7 Å². The normalized spacial score (nSPS) is 11.3. The molecule has 0 aliphatic rings. The van der Waals surface area contributed by atoms with E-state index in [0.717, 1.165) is 94.0 Å². The smallest absolute Gasteiger partial charge is 0.160 e. The van der Waals surface area contributed by atoms with Gasteiger partial charge in [-0.15, -0.1) is 0 Å². The topological polar surface area (TPSA) is 51.6 Å². The van der Waals surface area contributed by atoms with Crippen LogP contribution in [0.4, 0.5) is 0 Å². The molecule has 0 saturated heterocycles. The van der Waals surface area contributed by atoms with Crippen LogP contribution in [0, 0.1) is 0 Å². The zero-order chi connectivity index (χ0) is 39.8. The average molecular weight is 765 g/mol. The summed E-state index contributed by atoms with van der Waals surface area (Å²) in [6.07, 6.45) is 3.86. The molecule has 280 valence electrons. The average Bonchev–Trinajstić information content (AvgIpc) is 3.33. The van der Waals surface area contributed by atoms with Gasteiger partial charge >= 0.3 is 0 Å². The summed E-state index contributed by atoms with van der Waals surface area (Å²) in [5.74, 6) is 0.712. The van der Waals surface area contributed by atoms with Crippen molar-refractivity contribution in [2.75, 3.05) is 0 Å². The van der Waals surface area contributed by atoms with Gasteiger partial charge in [-0.1, -0.05) is 170 Å². The quantitative estimate of drug-likeness (QED) is 0.162. The number of benzene rings is 8. The zero-order valence-electron chi connectivity index (χ0n) is 32.6. The summed E-state index contributed by atoms with van der Waals surface area (Å²) in [5, 5.41) is 3.25. The van der Waals surface area contributed by atoms with Crippen LogP contribution in [0.2, 0.25) is 0 Å². The molecule has 11 aromatic rings. The minimum atomic E-state index is 0.712. The number of hydrogen-bond donors (Lipinski definition) is 0. The Labute approximate surface area is 348 Å². The molecule has 3 aromatic heterocycles. The Kier molecular flexibility index (Phi) is 8.79. The van der Waals surface area contributed by atoms with Crippen LogP contribution in [0.25, 0.3) is 111 Å². The molecule has 4 nitrogen and oxygen atoms in total. The molecule has 0 aliphatic heterocycles. The molecule has 0 fully saturated rings. The Hall–Kier alpha value is -8.08. The molecule has 0 aliphatic carbocycles. The lowest BCUT2D eigenvalue weighted by Crippen LogP contribution is -1.95. The Morgan fingerprint density at radius 3 is 1.30 bits per heavy atom. The maximum Gasteiger partial charge on any atom is 0.160 e. The molecule has 11 rings (SSSR count). The molecule has 0 spiro atoms. The first-order chi connectivity index (χ1) is 29.7. The Balaban J connectivity index is 1.09. The molecule has 0 amide bonds. The third-order valence-corrected chi connectivity index (χ3v) is 11.4. The third kappa shape index (κ3) is 6.37. The van der Waals surface area contributed by atoms with Crippen molar-refractivity contribution in [3.63, 3.8) is 0 Å². The minimum Gasteiger partial charge on any atom is -0.256 e. The SMILES string of the molecule is c1ccc(-c2nc(-c3ccc(-c4cc(-c5cccc6c(-c7ccccc7)ccnc56)cc(-c5cccc6c(-c7ccccc7)ccnc56)c4)cc3)c3ccccc3n2)cc1. The van der Waals surface area contributed by atoms with Crippen LogP contribution in [-0.2, 0) is 0 Å². The van der Waals surface area contributed by atoms with E-state index in [1.54, 1.807) is 0 Å². The lowest BCUT2D eigenvalue weighted by atomic mass is 9.90. The van der Waals surface area contributed by atoms with Crippen LogP contribution in [0.15, 0.2) is 219 Å². The molecule has 0 bridgehead atoms. The van der Waals surface area contributed by atoms with E-state index in [4.69, 9.17) is 19.9 Å². The summed E-state index contributed by atoms with van der Waals surface area (Å²) < 4.78 is 0. The van der Waals surface area contributed by atoms with E-state index >= 15 is 0 Å². The highest BCUT2D eigenvalue weighted by Crippen LogP contribution is 2.41. The Bertz CT molecular complexity index is 3200. The lowest BCUT2D eigenvalue weighted by molar-refractivity contribution is 1.23. The van der Waals surface area contributed by atoms with Crippen molar-refractivity contribution in [3.8, 4) is 78.3 Å². The maximum absolute atomic E-state index is 5.14. The summed E-state index contributed by atoms with van der Waals surface area (Å²) in [5.41, 5.74) is 16.9. The Morgan fingerprint density at radius 1 is 0.267 bits per heavy atom. The van der Waals surface area contributed by atoms with Crippen molar-refractivity contribution in [3.05, 3.63) is 219 Å². The number of nitrogens with zero attached hydrogens (tertiary/aromatic N) is 4. The van der Waals surface area contributed by atoms with Crippen LogP contribution in [0.1, 0.15) is 0 Å². The molecular formula is C56H36N4. The molecule has 0 unspecified atom stereocenters. The molecular weight excluding hydrogens is 729 g/mol. The third-order valence-electron chi connectivity index (χ3n) is 11.4. The number of fused-ring (bicyclic) bond motifs is 3. The molecule has 0 radical (unpaired) electrons. The molecule has 4 heteroatoms. The number of rotatable bonds is 7. The largest absolute Gasteiger partial charge is 0.256 e. The van der Waals surface area contributed by atoms with Gasteiger partial charge in [-0.2, -0.15) is 0 Å². The van der Waals surface area contributed by atoms with Crippen molar-refractivity contribution in [1.82, 2.24) is 19.9 Å². The lowest BCUT2D eigenvalue weighted by Gasteiger charge is -2.16. The summed E-state index contributed by atoms with van der Waals surface area (Å²) in [4.78, 5) is 20.1. The van der Waals surface area contributed by atoms with Crippen LogP contribution in [-0.4, -0.2) is 19.9 Å². The van der Waals surface area contributed by atoms with Gasteiger partial charge in [0, 0.05) is 50.8 Å². The van der Waals surface area contributed by atoms with Gasteiger partial charge in [-0.25, -0.2) is 9.97 Å². The number of hydrogen-bond acceptors (Lipinski definition) is 4. The molecule has 3 heterocycles. The maximum atomic E-state index is 5.14. The fraction of sp³-hybridized carbons (Fsp3) is 0.